The number of amides is 2. The van der Waals surface area contributed by atoms with Gasteiger partial charge in [0.15, 0.2) is 0 Å². The van der Waals surface area contributed by atoms with Crippen molar-refractivity contribution < 1.29 is 19.1 Å². The van der Waals surface area contributed by atoms with E-state index in [1.807, 2.05) is 0 Å². The fourth-order valence-corrected chi connectivity index (χ4v) is 1.79. The zero-order valence-electron chi connectivity index (χ0n) is 11.4. The van der Waals surface area contributed by atoms with Crippen LogP contribution in [0.15, 0.2) is 12.2 Å². The summed E-state index contributed by atoms with van der Waals surface area (Å²) in [5.41, 5.74) is 0. The van der Waals surface area contributed by atoms with E-state index < -0.39 is 0 Å². The van der Waals surface area contributed by atoms with E-state index in [1.165, 1.54) is 12.2 Å². The molecule has 0 atom stereocenters. The van der Waals surface area contributed by atoms with E-state index >= 15 is 0 Å². The van der Waals surface area contributed by atoms with Crippen molar-refractivity contribution >= 4 is 17.6 Å². The lowest BCUT2D eigenvalue weighted by atomic mass is 10.1. The van der Waals surface area contributed by atoms with E-state index in [9.17, 15) is 14.4 Å². The van der Waals surface area contributed by atoms with Gasteiger partial charge in [-0.2, -0.15) is 0 Å². The highest BCUT2D eigenvalue weighted by Crippen LogP contribution is 2.06. The summed E-state index contributed by atoms with van der Waals surface area (Å²) in [6, 6.07) is 0. The van der Waals surface area contributed by atoms with Crippen LogP contribution in [0.3, 0.4) is 0 Å². The molecule has 0 N–H and O–H groups in total. The molecule has 106 valence electrons. The Morgan fingerprint density at radius 1 is 1.11 bits per heavy atom. The number of hydrogen-bond donors (Lipinski definition) is 0. The van der Waals surface area contributed by atoms with Gasteiger partial charge in [0.1, 0.15) is 5.78 Å². The molecule has 0 aliphatic carbocycles. The van der Waals surface area contributed by atoms with Gasteiger partial charge in [-0.25, -0.2) is 0 Å². The number of unbranched alkanes of at least 4 members (excludes halogenated alkanes) is 1. The second-order valence-electron chi connectivity index (χ2n) is 4.52. The van der Waals surface area contributed by atoms with Crippen LogP contribution in [-0.2, 0) is 19.1 Å². The summed E-state index contributed by atoms with van der Waals surface area (Å²) in [5.74, 6) is -0.570. The van der Waals surface area contributed by atoms with Crippen molar-refractivity contribution in [3.05, 3.63) is 12.2 Å². The van der Waals surface area contributed by atoms with Crippen molar-refractivity contribution in [1.29, 1.82) is 0 Å². The van der Waals surface area contributed by atoms with E-state index in [2.05, 4.69) is 6.92 Å². The molecule has 2 amide bonds. The number of Topliss-reactive ketones (excluding diaryl/α,β-unsaturated/α-hetero) is 1. The fraction of sp³-hybridized carbons (Fsp3) is 0.643. The standard InChI is InChI=1S/C14H21NO4/c1-2-10-19-11-4-3-5-12(16)8-9-15-13(17)6-7-14(15)18/h6-7H,2-5,8-11H2,1H3. The van der Waals surface area contributed by atoms with Crippen LogP contribution in [0.2, 0.25) is 0 Å². The minimum absolute atomic E-state index is 0.0861. The first-order valence-corrected chi connectivity index (χ1v) is 6.78. The monoisotopic (exact) mass is 267 g/mol. The molecule has 5 heteroatoms. The molecule has 1 aliphatic rings. The molecule has 1 rings (SSSR count). The van der Waals surface area contributed by atoms with Crippen LogP contribution in [0.5, 0.6) is 0 Å². The lowest BCUT2D eigenvalue weighted by Crippen LogP contribution is -2.32. The molecule has 0 saturated heterocycles. The van der Waals surface area contributed by atoms with Gasteiger partial charge in [-0.15, -0.1) is 0 Å². The molecular formula is C14H21NO4. The summed E-state index contributed by atoms with van der Waals surface area (Å²) < 4.78 is 5.32. The summed E-state index contributed by atoms with van der Waals surface area (Å²) in [6.07, 6.45) is 5.87. The molecule has 0 spiro atoms. The van der Waals surface area contributed by atoms with Gasteiger partial charge in [-0.3, -0.25) is 19.3 Å². The van der Waals surface area contributed by atoms with Crippen LogP contribution in [0.1, 0.15) is 39.0 Å². The highest BCUT2D eigenvalue weighted by atomic mass is 16.5. The Balaban J connectivity index is 2.05. The number of carbonyl (C=O) groups is 3. The van der Waals surface area contributed by atoms with E-state index in [1.54, 1.807) is 0 Å². The molecule has 0 fully saturated rings. The van der Waals surface area contributed by atoms with Crippen molar-refractivity contribution in [2.24, 2.45) is 0 Å². The Morgan fingerprint density at radius 2 is 1.79 bits per heavy atom. The summed E-state index contributed by atoms with van der Waals surface area (Å²) in [4.78, 5) is 35.2. The third kappa shape index (κ3) is 5.79. The quantitative estimate of drug-likeness (QED) is 0.444. The second-order valence-corrected chi connectivity index (χ2v) is 4.52. The topological polar surface area (TPSA) is 63.7 Å². The maximum atomic E-state index is 11.6. The van der Waals surface area contributed by atoms with Gasteiger partial charge in [-0.1, -0.05) is 6.92 Å². The predicted molar refractivity (Wildman–Crippen MR) is 70.4 cm³/mol. The van der Waals surface area contributed by atoms with Gasteiger partial charge in [-0.05, 0) is 19.3 Å². The zero-order chi connectivity index (χ0) is 14.1. The Bertz CT molecular complexity index is 344. The number of nitrogens with zero attached hydrogens (tertiary/aromatic N) is 1. The molecule has 19 heavy (non-hydrogen) atoms. The van der Waals surface area contributed by atoms with E-state index in [0.29, 0.717) is 13.0 Å². The number of ether oxygens (including phenoxy) is 1. The zero-order valence-corrected chi connectivity index (χ0v) is 11.4. The highest BCUT2D eigenvalue weighted by Gasteiger charge is 2.23. The first kappa shape index (κ1) is 15.6. The largest absolute Gasteiger partial charge is 0.381 e. The van der Waals surface area contributed by atoms with Crippen molar-refractivity contribution in [2.45, 2.75) is 39.0 Å². The molecule has 0 unspecified atom stereocenters. The molecule has 1 aliphatic heterocycles. The molecule has 0 bridgehead atoms. The number of carbonyl (C=O) groups excluding carboxylic acids is 3. The van der Waals surface area contributed by atoms with Gasteiger partial charge >= 0.3 is 0 Å². The van der Waals surface area contributed by atoms with Crippen molar-refractivity contribution in [3.8, 4) is 0 Å². The maximum absolute atomic E-state index is 11.6. The maximum Gasteiger partial charge on any atom is 0.253 e. The predicted octanol–water partition coefficient (Wildman–Crippen LogP) is 1.47. The van der Waals surface area contributed by atoms with Gasteiger partial charge < -0.3 is 4.74 Å². The molecule has 0 saturated carbocycles. The van der Waals surface area contributed by atoms with Gasteiger partial charge in [0.25, 0.3) is 11.8 Å². The average molecular weight is 267 g/mol. The fourth-order valence-electron chi connectivity index (χ4n) is 1.79. The lowest BCUT2D eigenvalue weighted by Gasteiger charge is -2.12. The van der Waals surface area contributed by atoms with Crippen LogP contribution in [-0.4, -0.2) is 42.3 Å². The Labute approximate surface area is 113 Å². The van der Waals surface area contributed by atoms with Crippen LogP contribution in [0, 0.1) is 0 Å². The Kier molecular flexibility index (Phi) is 7.03. The number of hydrogen-bond acceptors (Lipinski definition) is 4. The van der Waals surface area contributed by atoms with Crippen LogP contribution >= 0.6 is 0 Å². The molecule has 0 aromatic carbocycles. The van der Waals surface area contributed by atoms with Crippen molar-refractivity contribution in [1.82, 2.24) is 4.90 Å². The van der Waals surface area contributed by atoms with Crippen LogP contribution in [0.25, 0.3) is 0 Å². The highest BCUT2D eigenvalue weighted by molar-refractivity contribution is 6.13. The summed E-state index contributed by atoms with van der Waals surface area (Å²) in [5, 5.41) is 0. The summed E-state index contributed by atoms with van der Waals surface area (Å²) in [6.45, 7) is 3.70. The molecule has 0 aromatic heterocycles. The lowest BCUT2D eigenvalue weighted by molar-refractivity contribution is -0.137. The Hall–Kier alpha value is -1.49. The third-order valence-electron chi connectivity index (χ3n) is 2.86. The van der Waals surface area contributed by atoms with Gasteiger partial charge in [0.2, 0.25) is 0 Å². The average Bonchev–Trinajstić information content (AvgIpc) is 2.71. The molecule has 1 heterocycles. The van der Waals surface area contributed by atoms with Gasteiger partial charge in [0.05, 0.1) is 0 Å². The summed E-state index contributed by atoms with van der Waals surface area (Å²) in [7, 11) is 0. The SMILES string of the molecule is CCCOCCCCC(=O)CCN1C(=O)C=CC1=O. The van der Waals surface area contributed by atoms with Crippen molar-refractivity contribution in [2.75, 3.05) is 19.8 Å². The van der Waals surface area contributed by atoms with Crippen LogP contribution < -0.4 is 0 Å². The molecule has 5 nitrogen and oxygen atoms in total. The van der Waals surface area contributed by atoms with Crippen LogP contribution in [0.4, 0.5) is 0 Å². The number of imide groups is 1. The minimum Gasteiger partial charge on any atom is -0.381 e. The van der Waals surface area contributed by atoms with Crippen molar-refractivity contribution in [3.63, 3.8) is 0 Å². The first-order chi connectivity index (χ1) is 9.15. The minimum atomic E-state index is -0.328. The molecule has 0 aromatic rings. The molecular weight excluding hydrogens is 246 g/mol. The normalized spacial score (nSPS) is 14.5. The summed E-state index contributed by atoms with van der Waals surface area (Å²) >= 11 is 0. The smallest absolute Gasteiger partial charge is 0.253 e. The molecule has 0 radical (unpaired) electrons. The van der Waals surface area contributed by atoms with E-state index in [0.717, 1.165) is 30.8 Å². The first-order valence-electron chi connectivity index (χ1n) is 6.78. The number of rotatable bonds is 10. The van der Waals surface area contributed by atoms with Gasteiger partial charge in [0, 0.05) is 44.8 Å². The van der Waals surface area contributed by atoms with E-state index in [4.69, 9.17) is 4.74 Å². The Morgan fingerprint density at radius 3 is 2.42 bits per heavy atom. The van der Waals surface area contributed by atoms with E-state index in [-0.39, 0.29) is 30.6 Å². The number of ketones is 1. The second kappa shape index (κ2) is 8.58. The third-order valence-corrected chi connectivity index (χ3v) is 2.86.